The van der Waals surface area contributed by atoms with Crippen LogP contribution in [0.3, 0.4) is 0 Å². The summed E-state index contributed by atoms with van der Waals surface area (Å²) in [4.78, 5) is 11.4. The van der Waals surface area contributed by atoms with Gasteiger partial charge in [0, 0.05) is 0 Å². The van der Waals surface area contributed by atoms with Crippen molar-refractivity contribution in [1.29, 1.82) is 0 Å². The summed E-state index contributed by atoms with van der Waals surface area (Å²) in [5, 5.41) is 0. The van der Waals surface area contributed by atoms with E-state index in [1.165, 1.54) is 0 Å². The highest BCUT2D eigenvalue weighted by Crippen LogP contribution is 2.39. The van der Waals surface area contributed by atoms with Crippen LogP contribution in [0.2, 0.25) is 0 Å². The number of hydrogen-bond donors (Lipinski definition) is 0. The van der Waals surface area contributed by atoms with Gasteiger partial charge < -0.3 is 13.9 Å². The van der Waals surface area contributed by atoms with E-state index in [0.29, 0.717) is 13.2 Å². The second kappa shape index (κ2) is 7.01. The number of ether oxygens (including phenoxy) is 2. The van der Waals surface area contributed by atoms with Crippen LogP contribution < -0.4 is 0 Å². The van der Waals surface area contributed by atoms with Crippen molar-refractivity contribution < 1.29 is 18.7 Å². The number of carbonyl (C=O) groups is 1. The first kappa shape index (κ1) is 17.1. The lowest BCUT2D eigenvalue weighted by Gasteiger charge is -2.10. The Morgan fingerprint density at radius 3 is 1.72 bits per heavy atom. The van der Waals surface area contributed by atoms with Gasteiger partial charge in [-0.05, 0) is 63.1 Å². The SMILES string of the molecule is CCOC1=CC(=C2C=CC(=O)C=C2)C=C(OCC)c2c(C)oc(C)c21. The summed E-state index contributed by atoms with van der Waals surface area (Å²) in [7, 11) is 0. The quantitative estimate of drug-likeness (QED) is 0.801. The first-order valence-corrected chi connectivity index (χ1v) is 8.49. The zero-order valence-corrected chi connectivity index (χ0v) is 15.0. The van der Waals surface area contributed by atoms with E-state index in [1.807, 2.05) is 52.0 Å². The third-order valence-electron chi connectivity index (χ3n) is 4.11. The van der Waals surface area contributed by atoms with Crippen LogP contribution in [0, 0.1) is 13.8 Å². The highest BCUT2D eigenvalue weighted by atomic mass is 16.5. The maximum atomic E-state index is 11.4. The van der Waals surface area contributed by atoms with E-state index in [0.717, 1.165) is 45.3 Å². The van der Waals surface area contributed by atoms with Gasteiger partial charge in [0.2, 0.25) is 0 Å². The third kappa shape index (κ3) is 3.25. The van der Waals surface area contributed by atoms with Crippen molar-refractivity contribution >= 4 is 17.3 Å². The molecule has 1 aromatic rings. The molecule has 0 atom stereocenters. The van der Waals surface area contributed by atoms with Crippen molar-refractivity contribution in [3.63, 3.8) is 0 Å². The van der Waals surface area contributed by atoms with E-state index in [1.54, 1.807) is 12.2 Å². The van der Waals surface area contributed by atoms with Gasteiger partial charge in [0.1, 0.15) is 23.0 Å². The van der Waals surface area contributed by atoms with E-state index < -0.39 is 0 Å². The van der Waals surface area contributed by atoms with Crippen molar-refractivity contribution in [3.05, 3.63) is 70.2 Å². The summed E-state index contributed by atoms with van der Waals surface area (Å²) in [5.41, 5.74) is 3.72. The first-order chi connectivity index (χ1) is 12.0. The fraction of sp³-hybridized carbons (Fsp3) is 0.286. The molecule has 0 radical (unpaired) electrons. The Kier molecular flexibility index (Phi) is 4.79. The molecule has 0 aromatic carbocycles. The Hall–Kier alpha value is -2.75. The monoisotopic (exact) mass is 338 g/mol. The summed E-state index contributed by atoms with van der Waals surface area (Å²) < 4.78 is 17.7. The average molecular weight is 338 g/mol. The van der Waals surface area contributed by atoms with Crippen LogP contribution in [0.1, 0.15) is 36.5 Å². The molecule has 1 heterocycles. The van der Waals surface area contributed by atoms with Gasteiger partial charge >= 0.3 is 0 Å². The van der Waals surface area contributed by atoms with Crippen molar-refractivity contribution in [2.75, 3.05) is 13.2 Å². The topological polar surface area (TPSA) is 48.7 Å². The van der Waals surface area contributed by atoms with Gasteiger partial charge in [0.25, 0.3) is 0 Å². The van der Waals surface area contributed by atoms with E-state index in [2.05, 4.69) is 0 Å². The van der Waals surface area contributed by atoms with Crippen LogP contribution >= 0.6 is 0 Å². The molecule has 4 heteroatoms. The second-order valence-corrected chi connectivity index (χ2v) is 5.83. The third-order valence-corrected chi connectivity index (χ3v) is 4.11. The molecule has 4 nitrogen and oxygen atoms in total. The molecule has 25 heavy (non-hydrogen) atoms. The molecule has 0 fully saturated rings. The summed E-state index contributed by atoms with van der Waals surface area (Å²) in [6.07, 6.45) is 10.7. The normalized spacial score (nSPS) is 16.4. The molecule has 0 unspecified atom stereocenters. The lowest BCUT2D eigenvalue weighted by molar-refractivity contribution is -0.110. The molecule has 0 saturated carbocycles. The number of ketones is 1. The predicted octanol–water partition coefficient (Wildman–Crippen LogP) is 4.66. The summed E-state index contributed by atoms with van der Waals surface area (Å²) in [5.74, 6) is 3.09. The van der Waals surface area contributed by atoms with Crippen LogP contribution in [0.4, 0.5) is 0 Å². The second-order valence-electron chi connectivity index (χ2n) is 5.83. The molecule has 0 bridgehead atoms. The van der Waals surface area contributed by atoms with Crippen LogP contribution in [-0.4, -0.2) is 19.0 Å². The number of hydrogen-bond acceptors (Lipinski definition) is 4. The van der Waals surface area contributed by atoms with Gasteiger partial charge in [-0.25, -0.2) is 0 Å². The Bertz CT molecular complexity index is 792. The molecule has 0 aliphatic heterocycles. The number of allylic oxidation sites excluding steroid dienone is 8. The molecule has 2 aliphatic carbocycles. The van der Waals surface area contributed by atoms with Gasteiger partial charge in [-0.15, -0.1) is 0 Å². The maximum Gasteiger partial charge on any atom is 0.178 e. The molecule has 0 saturated heterocycles. The van der Waals surface area contributed by atoms with E-state index in [9.17, 15) is 4.79 Å². The average Bonchev–Trinajstić information content (AvgIpc) is 2.77. The van der Waals surface area contributed by atoms with E-state index in [-0.39, 0.29) is 5.78 Å². The van der Waals surface area contributed by atoms with Crippen LogP contribution in [0.5, 0.6) is 0 Å². The standard InChI is InChI=1S/C21H22O4/c1-5-23-18-11-16(15-7-9-17(22)10-8-15)12-19(24-6-2)21-14(4)25-13(3)20(18)21/h7-12H,5-6H2,1-4H3. The lowest BCUT2D eigenvalue weighted by atomic mass is 10.0. The fourth-order valence-electron chi connectivity index (χ4n) is 3.10. The van der Waals surface area contributed by atoms with Crippen LogP contribution in [0.15, 0.2) is 52.0 Å². The number of carbonyl (C=O) groups excluding carboxylic acids is 1. The number of furan rings is 1. The molecule has 0 amide bonds. The maximum absolute atomic E-state index is 11.4. The molecule has 2 aliphatic rings. The zero-order chi connectivity index (χ0) is 18.0. The van der Waals surface area contributed by atoms with Crippen molar-refractivity contribution in [1.82, 2.24) is 0 Å². The molecular weight excluding hydrogens is 316 g/mol. The Labute approximate surface area is 147 Å². The highest BCUT2D eigenvalue weighted by Gasteiger charge is 2.26. The Morgan fingerprint density at radius 2 is 1.28 bits per heavy atom. The summed E-state index contributed by atoms with van der Waals surface area (Å²) in [6, 6.07) is 0. The largest absolute Gasteiger partial charge is 0.493 e. The van der Waals surface area contributed by atoms with Crippen molar-refractivity contribution in [2.24, 2.45) is 0 Å². The van der Waals surface area contributed by atoms with Gasteiger partial charge in [-0.2, -0.15) is 0 Å². The molecule has 130 valence electrons. The van der Waals surface area contributed by atoms with Gasteiger partial charge in [-0.1, -0.05) is 12.2 Å². The number of fused-ring (bicyclic) bond motifs is 1. The molecule has 0 spiro atoms. The van der Waals surface area contributed by atoms with E-state index in [4.69, 9.17) is 13.9 Å². The number of rotatable bonds is 4. The minimum atomic E-state index is -0.0108. The van der Waals surface area contributed by atoms with E-state index >= 15 is 0 Å². The molecule has 3 rings (SSSR count). The molecular formula is C21H22O4. The first-order valence-electron chi connectivity index (χ1n) is 8.49. The highest BCUT2D eigenvalue weighted by molar-refractivity contribution is 6.01. The predicted molar refractivity (Wildman–Crippen MR) is 97.7 cm³/mol. The minimum absolute atomic E-state index is 0.0108. The van der Waals surface area contributed by atoms with Gasteiger partial charge in [0.15, 0.2) is 5.78 Å². The number of aryl methyl sites for hydroxylation is 2. The minimum Gasteiger partial charge on any atom is -0.493 e. The summed E-state index contributed by atoms with van der Waals surface area (Å²) in [6.45, 7) is 8.86. The summed E-state index contributed by atoms with van der Waals surface area (Å²) >= 11 is 0. The van der Waals surface area contributed by atoms with Gasteiger partial charge in [-0.3, -0.25) is 4.79 Å². The molecule has 0 N–H and O–H groups in total. The molecule has 1 aromatic heterocycles. The fourth-order valence-corrected chi connectivity index (χ4v) is 3.10. The van der Waals surface area contributed by atoms with Crippen molar-refractivity contribution in [2.45, 2.75) is 27.7 Å². The van der Waals surface area contributed by atoms with Crippen LogP contribution in [0.25, 0.3) is 11.5 Å². The smallest absolute Gasteiger partial charge is 0.178 e. The Morgan fingerprint density at radius 1 is 0.800 bits per heavy atom. The zero-order valence-electron chi connectivity index (χ0n) is 15.0. The lowest BCUT2D eigenvalue weighted by Crippen LogP contribution is -1.98. The van der Waals surface area contributed by atoms with Crippen molar-refractivity contribution in [3.8, 4) is 0 Å². The van der Waals surface area contributed by atoms with Crippen LogP contribution in [-0.2, 0) is 14.3 Å². The Balaban J connectivity index is 2.25. The van der Waals surface area contributed by atoms with Gasteiger partial charge in [0.05, 0.1) is 24.3 Å².